The third-order valence-corrected chi connectivity index (χ3v) is 4.67. The molecule has 0 aliphatic heterocycles. The van der Waals surface area contributed by atoms with Crippen molar-refractivity contribution in [1.82, 2.24) is 19.5 Å². The van der Waals surface area contributed by atoms with Gasteiger partial charge in [-0.1, -0.05) is 31.0 Å². The Kier molecular flexibility index (Phi) is 4.17. The van der Waals surface area contributed by atoms with Crippen molar-refractivity contribution < 1.29 is 4.39 Å². The molecule has 0 bridgehead atoms. The number of aromatic nitrogens is 4. The van der Waals surface area contributed by atoms with Crippen molar-refractivity contribution in [1.29, 1.82) is 0 Å². The highest BCUT2D eigenvalue weighted by Crippen LogP contribution is 2.32. The Morgan fingerprint density at radius 3 is 2.64 bits per heavy atom. The lowest BCUT2D eigenvalue weighted by molar-refractivity contribution is 0.631. The summed E-state index contributed by atoms with van der Waals surface area (Å²) in [5.74, 6) is 0.971. The first-order valence-corrected chi connectivity index (χ1v) is 8.58. The molecule has 128 valence electrons. The van der Waals surface area contributed by atoms with Gasteiger partial charge in [0.2, 0.25) is 5.95 Å². The summed E-state index contributed by atoms with van der Waals surface area (Å²) in [5.41, 5.74) is 1.75. The lowest BCUT2D eigenvalue weighted by Gasteiger charge is -2.15. The zero-order valence-corrected chi connectivity index (χ0v) is 14.1. The summed E-state index contributed by atoms with van der Waals surface area (Å²) in [6.45, 7) is 0. The van der Waals surface area contributed by atoms with Gasteiger partial charge < -0.3 is 9.88 Å². The first-order chi connectivity index (χ1) is 12.2. The average Bonchev–Trinajstić information content (AvgIpc) is 3.27. The summed E-state index contributed by atoms with van der Waals surface area (Å²) >= 11 is 0. The van der Waals surface area contributed by atoms with E-state index < -0.39 is 0 Å². The average molecular weight is 337 g/mol. The zero-order chi connectivity index (χ0) is 17.2. The van der Waals surface area contributed by atoms with Crippen LogP contribution in [0.3, 0.4) is 0 Å². The zero-order valence-electron chi connectivity index (χ0n) is 14.1. The number of hydrogen-bond donors (Lipinski definition) is 1. The van der Waals surface area contributed by atoms with Gasteiger partial charge in [-0.2, -0.15) is 0 Å². The van der Waals surface area contributed by atoms with E-state index in [1.165, 1.54) is 18.9 Å². The van der Waals surface area contributed by atoms with Gasteiger partial charge in [-0.3, -0.25) is 0 Å². The van der Waals surface area contributed by atoms with E-state index in [9.17, 15) is 4.39 Å². The van der Waals surface area contributed by atoms with Crippen LogP contribution < -0.4 is 5.32 Å². The van der Waals surface area contributed by atoms with Gasteiger partial charge >= 0.3 is 0 Å². The van der Waals surface area contributed by atoms with Crippen LogP contribution in [-0.4, -0.2) is 25.6 Å². The van der Waals surface area contributed by atoms with E-state index in [0.717, 1.165) is 12.8 Å². The number of rotatable bonds is 4. The standard InChI is InChI=1S/C19H20FN5/c1-25-11-10-21-18(25)17-15(14-8-4-5-9-16(14)20)12-22-19(24-17)23-13-6-2-3-7-13/h4-5,8-13H,2-3,6-7H2,1H3,(H,22,23,24). The maximum absolute atomic E-state index is 14.3. The van der Waals surface area contributed by atoms with E-state index in [4.69, 9.17) is 0 Å². The van der Waals surface area contributed by atoms with Crippen molar-refractivity contribution >= 4 is 5.95 Å². The van der Waals surface area contributed by atoms with Crippen LogP contribution in [0.5, 0.6) is 0 Å². The van der Waals surface area contributed by atoms with E-state index in [2.05, 4.69) is 20.3 Å². The molecule has 1 N–H and O–H groups in total. The number of imidazole rings is 1. The maximum Gasteiger partial charge on any atom is 0.223 e. The summed E-state index contributed by atoms with van der Waals surface area (Å²) in [7, 11) is 1.90. The molecule has 0 saturated heterocycles. The fourth-order valence-electron chi connectivity index (χ4n) is 3.35. The number of nitrogens with zero attached hydrogens (tertiary/aromatic N) is 4. The Balaban J connectivity index is 1.80. The van der Waals surface area contributed by atoms with Gasteiger partial charge in [0.25, 0.3) is 0 Å². The number of aryl methyl sites for hydroxylation is 1. The molecule has 0 radical (unpaired) electrons. The summed E-state index contributed by atoms with van der Waals surface area (Å²) in [5, 5.41) is 3.40. The monoisotopic (exact) mass is 337 g/mol. The third kappa shape index (κ3) is 3.12. The Hall–Kier alpha value is -2.76. The van der Waals surface area contributed by atoms with Crippen molar-refractivity contribution in [3.63, 3.8) is 0 Å². The summed E-state index contributed by atoms with van der Waals surface area (Å²) in [4.78, 5) is 13.5. The number of hydrogen-bond acceptors (Lipinski definition) is 4. The van der Waals surface area contributed by atoms with Crippen LogP contribution >= 0.6 is 0 Å². The van der Waals surface area contributed by atoms with Crippen molar-refractivity contribution in [3.05, 3.63) is 48.7 Å². The molecule has 0 amide bonds. The van der Waals surface area contributed by atoms with Crippen LogP contribution in [0.2, 0.25) is 0 Å². The largest absolute Gasteiger partial charge is 0.351 e. The lowest BCUT2D eigenvalue weighted by atomic mass is 10.0. The highest BCUT2D eigenvalue weighted by atomic mass is 19.1. The summed E-state index contributed by atoms with van der Waals surface area (Å²) < 4.78 is 16.2. The molecule has 2 aromatic heterocycles. The second kappa shape index (κ2) is 6.63. The quantitative estimate of drug-likeness (QED) is 0.781. The van der Waals surface area contributed by atoms with Gasteiger partial charge in [-0.15, -0.1) is 0 Å². The Morgan fingerprint density at radius 2 is 1.92 bits per heavy atom. The van der Waals surface area contributed by atoms with Gasteiger partial charge in [0, 0.05) is 42.8 Å². The maximum atomic E-state index is 14.3. The van der Waals surface area contributed by atoms with E-state index in [1.54, 1.807) is 24.5 Å². The number of nitrogens with one attached hydrogen (secondary N) is 1. The van der Waals surface area contributed by atoms with Crippen LogP contribution in [0, 0.1) is 5.82 Å². The smallest absolute Gasteiger partial charge is 0.223 e. The van der Waals surface area contributed by atoms with Crippen LogP contribution in [-0.2, 0) is 7.05 Å². The molecule has 6 heteroatoms. The molecular formula is C19H20FN5. The molecular weight excluding hydrogens is 317 g/mol. The topological polar surface area (TPSA) is 55.6 Å². The van der Waals surface area contributed by atoms with Gasteiger partial charge in [-0.05, 0) is 18.9 Å². The van der Waals surface area contributed by atoms with Gasteiger partial charge in [0.05, 0.1) is 0 Å². The first kappa shape index (κ1) is 15.7. The molecule has 2 heterocycles. The third-order valence-electron chi connectivity index (χ3n) is 4.67. The molecule has 3 aromatic rings. The number of halogens is 1. The second-order valence-corrected chi connectivity index (χ2v) is 6.42. The van der Waals surface area contributed by atoms with Crippen LogP contribution in [0.25, 0.3) is 22.6 Å². The van der Waals surface area contributed by atoms with Crippen LogP contribution in [0.4, 0.5) is 10.3 Å². The molecule has 1 aromatic carbocycles. The highest BCUT2D eigenvalue weighted by Gasteiger charge is 2.20. The van der Waals surface area contributed by atoms with Gasteiger partial charge in [0.1, 0.15) is 11.5 Å². The SMILES string of the molecule is Cn1ccnc1-c1nc(NC2CCCC2)ncc1-c1ccccc1F. The van der Waals surface area contributed by atoms with E-state index >= 15 is 0 Å². The molecule has 1 aliphatic rings. The first-order valence-electron chi connectivity index (χ1n) is 8.58. The van der Waals surface area contributed by atoms with E-state index in [1.807, 2.05) is 23.9 Å². The predicted octanol–water partition coefficient (Wildman–Crippen LogP) is 4.04. The van der Waals surface area contributed by atoms with Gasteiger partial charge in [-0.25, -0.2) is 19.3 Å². The molecule has 1 saturated carbocycles. The lowest BCUT2D eigenvalue weighted by Crippen LogP contribution is -2.17. The summed E-state index contributed by atoms with van der Waals surface area (Å²) in [6, 6.07) is 7.09. The fourth-order valence-corrected chi connectivity index (χ4v) is 3.35. The van der Waals surface area contributed by atoms with Crippen molar-refractivity contribution in [2.45, 2.75) is 31.7 Å². The van der Waals surface area contributed by atoms with Crippen molar-refractivity contribution in [2.24, 2.45) is 7.05 Å². The molecule has 0 unspecified atom stereocenters. The molecule has 5 nitrogen and oxygen atoms in total. The van der Waals surface area contributed by atoms with Crippen molar-refractivity contribution in [3.8, 4) is 22.6 Å². The van der Waals surface area contributed by atoms with Crippen molar-refractivity contribution in [2.75, 3.05) is 5.32 Å². The van der Waals surface area contributed by atoms with E-state index in [-0.39, 0.29) is 5.82 Å². The van der Waals surface area contributed by atoms with Crippen LogP contribution in [0.1, 0.15) is 25.7 Å². The Bertz CT molecular complexity index is 883. The van der Waals surface area contributed by atoms with Crippen LogP contribution in [0.15, 0.2) is 42.9 Å². The minimum Gasteiger partial charge on any atom is -0.351 e. The number of benzene rings is 1. The van der Waals surface area contributed by atoms with E-state index in [0.29, 0.717) is 34.6 Å². The predicted molar refractivity (Wildman–Crippen MR) is 95.5 cm³/mol. The Morgan fingerprint density at radius 1 is 1.12 bits per heavy atom. The minimum absolute atomic E-state index is 0.293. The molecule has 25 heavy (non-hydrogen) atoms. The Labute approximate surface area is 146 Å². The summed E-state index contributed by atoms with van der Waals surface area (Å²) in [6.07, 6.45) is 9.99. The van der Waals surface area contributed by atoms with Gasteiger partial charge in [0.15, 0.2) is 5.82 Å². The number of anilines is 1. The molecule has 1 fully saturated rings. The molecule has 1 aliphatic carbocycles. The normalized spacial score (nSPS) is 14.8. The minimum atomic E-state index is -0.293. The second-order valence-electron chi connectivity index (χ2n) is 6.42. The molecule has 4 rings (SSSR count). The molecule has 0 atom stereocenters. The fraction of sp³-hybridized carbons (Fsp3) is 0.316. The highest BCUT2D eigenvalue weighted by molar-refractivity contribution is 5.78. The molecule has 0 spiro atoms.